The Morgan fingerprint density at radius 3 is 2.63 bits per heavy atom. The van der Waals surface area contributed by atoms with Gasteiger partial charge >= 0.3 is 0 Å². The summed E-state index contributed by atoms with van der Waals surface area (Å²) in [6.45, 7) is 0.335. The lowest BCUT2D eigenvalue weighted by Crippen LogP contribution is -2.02. The molecule has 2 N–H and O–H groups in total. The average Bonchev–Trinajstić information content (AvgIpc) is 2.42. The minimum atomic E-state index is -0.876. The summed E-state index contributed by atoms with van der Waals surface area (Å²) in [5.74, 6) is -1.19. The van der Waals surface area contributed by atoms with Gasteiger partial charge in [-0.2, -0.15) is 0 Å². The summed E-state index contributed by atoms with van der Waals surface area (Å²) < 4.78 is 32.8. The topological polar surface area (TPSA) is 35.2 Å². The Labute approximate surface area is 118 Å². The molecule has 0 atom stereocenters. The second-order valence-electron chi connectivity index (χ2n) is 3.96. The van der Waals surface area contributed by atoms with Gasteiger partial charge < -0.3 is 10.5 Å². The van der Waals surface area contributed by atoms with Crippen LogP contribution in [0.25, 0.3) is 0 Å². The van der Waals surface area contributed by atoms with Gasteiger partial charge in [0.1, 0.15) is 12.4 Å². The Hall–Kier alpha value is -1.46. The third-order valence-corrected chi connectivity index (χ3v) is 3.44. The molecular weight excluding hydrogens is 316 g/mol. The third kappa shape index (κ3) is 3.30. The molecule has 2 rings (SSSR count). The van der Waals surface area contributed by atoms with Crippen LogP contribution in [0.15, 0.2) is 40.9 Å². The summed E-state index contributed by atoms with van der Waals surface area (Å²) in [6, 6.07) is 9.32. The fraction of sp³-hybridized carbons (Fsp3) is 0.143. The molecule has 2 aromatic carbocycles. The molecule has 0 bridgehead atoms. The van der Waals surface area contributed by atoms with Crippen molar-refractivity contribution < 1.29 is 13.5 Å². The standard InChI is InChI=1S/C14H12BrF2NO/c15-12-5-4-11(6-10(12)7-18)19-8-9-2-1-3-13(16)14(9)17/h1-6H,7-8,18H2. The maximum Gasteiger partial charge on any atom is 0.165 e. The number of hydrogen-bond acceptors (Lipinski definition) is 2. The lowest BCUT2D eigenvalue weighted by molar-refractivity contribution is 0.297. The third-order valence-electron chi connectivity index (χ3n) is 2.66. The number of nitrogens with two attached hydrogens (primary N) is 1. The molecule has 2 aromatic rings. The van der Waals surface area contributed by atoms with Crippen molar-refractivity contribution in [2.24, 2.45) is 5.73 Å². The van der Waals surface area contributed by atoms with Crippen LogP contribution >= 0.6 is 15.9 Å². The molecule has 0 heterocycles. The van der Waals surface area contributed by atoms with Gasteiger partial charge in [-0.3, -0.25) is 0 Å². The van der Waals surface area contributed by atoms with Crippen LogP contribution in [0.3, 0.4) is 0 Å². The minimum absolute atomic E-state index is 0.0325. The lowest BCUT2D eigenvalue weighted by atomic mass is 10.2. The number of hydrogen-bond donors (Lipinski definition) is 1. The molecule has 0 fully saturated rings. The number of benzene rings is 2. The van der Waals surface area contributed by atoms with Gasteiger partial charge in [-0.15, -0.1) is 0 Å². The Morgan fingerprint density at radius 1 is 1.11 bits per heavy atom. The Bertz CT molecular complexity index is 590. The highest BCUT2D eigenvalue weighted by Crippen LogP contribution is 2.23. The zero-order valence-corrected chi connectivity index (χ0v) is 11.6. The molecule has 0 radical (unpaired) electrons. The molecule has 0 saturated carbocycles. The monoisotopic (exact) mass is 327 g/mol. The van der Waals surface area contributed by atoms with Crippen LogP contribution in [0.2, 0.25) is 0 Å². The van der Waals surface area contributed by atoms with E-state index in [1.807, 2.05) is 0 Å². The Balaban J connectivity index is 2.12. The quantitative estimate of drug-likeness (QED) is 0.927. The van der Waals surface area contributed by atoms with Crippen LogP contribution < -0.4 is 10.5 Å². The molecule has 0 aliphatic heterocycles. The van der Waals surface area contributed by atoms with Crippen LogP contribution in [-0.4, -0.2) is 0 Å². The summed E-state index contributed by atoms with van der Waals surface area (Å²) in [6.07, 6.45) is 0. The molecule has 5 heteroatoms. The zero-order chi connectivity index (χ0) is 13.8. The molecule has 0 amide bonds. The van der Waals surface area contributed by atoms with E-state index in [0.717, 1.165) is 16.1 Å². The molecule has 0 aromatic heterocycles. The van der Waals surface area contributed by atoms with Crippen molar-refractivity contribution in [3.05, 3.63) is 63.6 Å². The number of rotatable bonds is 4. The van der Waals surface area contributed by atoms with Crippen LogP contribution in [0.1, 0.15) is 11.1 Å². The van der Waals surface area contributed by atoms with Gasteiger partial charge in [0.05, 0.1) is 0 Å². The fourth-order valence-corrected chi connectivity index (χ4v) is 2.03. The van der Waals surface area contributed by atoms with Crippen LogP contribution in [0.5, 0.6) is 5.75 Å². The highest BCUT2D eigenvalue weighted by Gasteiger charge is 2.08. The van der Waals surface area contributed by atoms with E-state index < -0.39 is 11.6 Å². The number of ether oxygens (including phenoxy) is 1. The van der Waals surface area contributed by atoms with E-state index in [0.29, 0.717) is 12.3 Å². The minimum Gasteiger partial charge on any atom is -0.489 e. The van der Waals surface area contributed by atoms with E-state index in [1.54, 1.807) is 18.2 Å². The van der Waals surface area contributed by atoms with Gasteiger partial charge in [0, 0.05) is 16.6 Å². The maximum atomic E-state index is 13.4. The smallest absolute Gasteiger partial charge is 0.165 e. The van der Waals surface area contributed by atoms with Crippen LogP contribution in [0.4, 0.5) is 8.78 Å². The molecular formula is C14H12BrF2NO. The van der Waals surface area contributed by atoms with Crippen molar-refractivity contribution in [3.63, 3.8) is 0 Å². The first-order valence-electron chi connectivity index (χ1n) is 5.66. The predicted molar refractivity (Wildman–Crippen MR) is 72.7 cm³/mol. The second kappa shape index (κ2) is 6.12. The van der Waals surface area contributed by atoms with Crippen molar-refractivity contribution >= 4 is 15.9 Å². The SMILES string of the molecule is NCc1cc(OCc2cccc(F)c2F)ccc1Br. The average molecular weight is 328 g/mol. The molecule has 0 unspecified atom stereocenters. The van der Waals surface area contributed by atoms with Gasteiger partial charge in [-0.05, 0) is 29.8 Å². The van der Waals surface area contributed by atoms with E-state index in [9.17, 15) is 8.78 Å². The van der Waals surface area contributed by atoms with Crippen molar-refractivity contribution in [2.45, 2.75) is 13.2 Å². The summed E-state index contributed by atoms with van der Waals surface area (Å²) in [4.78, 5) is 0. The number of halogens is 3. The summed E-state index contributed by atoms with van der Waals surface area (Å²) in [5, 5.41) is 0. The summed E-state index contributed by atoms with van der Waals surface area (Å²) in [7, 11) is 0. The molecule has 100 valence electrons. The van der Waals surface area contributed by atoms with Gasteiger partial charge in [-0.25, -0.2) is 8.78 Å². The van der Waals surface area contributed by atoms with Gasteiger partial charge in [0.2, 0.25) is 0 Å². The molecule has 19 heavy (non-hydrogen) atoms. The van der Waals surface area contributed by atoms with E-state index in [1.165, 1.54) is 12.1 Å². The summed E-state index contributed by atoms with van der Waals surface area (Å²) >= 11 is 3.36. The normalized spacial score (nSPS) is 10.5. The van der Waals surface area contributed by atoms with Crippen molar-refractivity contribution in [1.82, 2.24) is 0 Å². The van der Waals surface area contributed by atoms with Crippen molar-refractivity contribution in [1.29, 1.82) is 0 Å². The van der Waals surface area contributed by atoms with E-state index in [4.69, 9.17) is 10.5 Å². The van der Waals surface area contributed by atoms with Gasteiger partial charge in [-0.1, -0.05) is 28.1 Å². The maximum absolute atomic E-state index is 13.4. The Kier molecular flexibility index (Phi) is 4.50. The molecule has 0 spiro atoms. The second-order valence-corrected chi connectivity index (χ2v) is 4.81. The largest absolute Gasteiger partial charge is 0.489 e. The Morgan fingerprint density at radius 2 is 1.89 bits per heavy atom. The van der Waals surface area contributed by atoms with E-state index in [-0.39, 0.29) is 12.2 Å². The molecule has 0 aliphatic rings. The predicted octanol–water partition coefficient (Wildman–Crippen LogP) is 3.77. The summed E-state index contributed by atoms with van der Waals surface area (Å²) in [5.41, 5.74) is 6.64. The highest BCUT2D eigenvalue weighted by atomic mass is 79.9. The first-order chi connectivity index (χ1) is 9.11. The highest BCUT2D eigenvalue weighted by molar-refractivity contribution is 9.10. The van der Waals surface area contributed by atoms with Gasteiger partial charge in [0.15, 0.2) is 11.6 Å². The first kappa shape index (κ1) is 14.0. The molecule has 0 aliphatic carbocycles. The zero-order valence-electron chi connectivity index (χ0n) is 10.00. The fourth-order valence-electron chi connectivity index (χ4n) is 1.62. The molecule has 2 nitrogen and oxygen atoms in total. The molecule has 0 saturated heterocycles. The van der Waals surface area contributed by atoms with Crippen LogP contribution in [0, 0.1) is 11.6 Å². The van der Waals surface area contributed by atoms with Crippen molar-refractivity contribution in [3.8, 4) is 5.75 Å². The van der Waals surface area contributed by atoms with Crippen molar-refractivity contribution in [2.75, 3.05) is 0 Å². The van der Waals surface area contributed by atoms with E-state index >= 15 is 0 Å². The van der Waals surface area contributed by atoms with Gasteiger partial charge in [0.25, 0.3) is 0 Å². The van der Waals surface area contributed by atoms with E-state index in [2.05, 4.69) is 15.9 Å². The lowest BCUT2D eigenvalue weighted by Gasteiger charge is -2.09. The first-order valence-corrected chi connectivity index (χ1v) is 6.45. The van der Waals surface area contributed by atoms with Crippen LogP contribution in [-0.2, 0) is 13.2 Å².